The van der Waals surface area contributed by atoms with Gasteiger partial charge < -0.3 is 19.5 Å². The van der Waals surface area contributed by atoms with Gasteiger partial charge in [0.05, 0.1) is 25.7 Å². The fourth-order valence-electron chi connectivity index (χ4n) is 1.52. The largest absolute Gasteiger partial charge is 0.463 e. The standard InChI is InChI=1S/C10H19NO4/c1-3-13-4-5-15-10(12)8-6-14-7-9(8)11-2/h8-9,11H,3-7H2,1-2H3. The summed E-state index contributed by atoms with van der Waals surface area (Å²) in [6.45, 7) is 4.34. The van der Waals surface area contributed by atoms with Crippen LogP contribution in [-0.2, 0) is 19.0 Å². The maximum atomic E-state index is 11.6. The number of rotatable bonds is 6. The smallest absolute Gasteiger partial charge is 0.313 e. The van der Waals surface area contributed by atoms with Crippen molar-refractivity contribution < 1.29 is 19.0 Å². The van der Waals surface area contributed by atoms with Gasteiger partial charge in [-0.2, -0.15) is 0 Å². The Kier molecular flexibility index (Phi) is 5.60. The van der Waals surface area contributed by atoms with Crippen LogP contribution in [0, 0.1) is 5.92 Å². The molecule has 0 spiro atoms. The molecule has 0 aliphatic carbocycles. The number of likely N-dealkylation sites (N-methyl/N-ethyl adjacent to an activating group) is 1. The van der Waals surface area contributed by atoms with Gasteiger partial charge in [-0.15, -0.1) is 0 Å². The SMILES string of the molecule is CCOCCOC(=O)C1COCC1NC. The number of nitrogens with one attached hydrogen (secondary N) is 1. The lowest BCUT2D eigenvalue weighted by molar-refractivity contribution is -0.150. The summed E-state index contributed by atoms with van der Waals surface area (Å²) in [6.07, 6.45) is 0. The summed E-state index contributed by atoms with van der Waals surface area (Å²) in [5.41, 5.74) is 0. The minimum atomic E-state index is -0.202. The van der Waals surface area contributed by atoms with Crippen LogP contribution in [0.5, 0.6) is 0 Å². The molecule has 1 N–H and O–H groups in total. The topological polar surface area (TPSA) is 56.8 Å². The van der Waals surface area contributed by atoms with Gasteiger partial charge in [-0.25, -0.2) is 0 Å². The van der Waals surface area contributed by atoms with Crippen molar-refractivity contribution in [2.75, 3.05) is 40.1 Å². The van der Waals surface area contributed by atoms with Crippen molar-refractivity contribution in [3.8, 4) is 0 Å². The van der Waals surface area contributed by atoms with Crippen LogP contribution in [0.1, 0.15) is 6.92 Å². The van der Waals surface area contributed by atoms with E-state index in [1.807, 2.05) is 14.0 Å². The fraction of sp³-hybridized carbons (Fsp3) is 0.900. The number of carbonyl (C=O) groups excluding carboxylic acids is 1. The second kappa shape index (κ2) is 6.76. The molecule has 1 rings (SSSR count). The zero-order valence-electron chi connectivity index (χ0n) is 9.32. The van der Waals surface area contributed by atoms with E-state index >= 15 is 0 Å². The van der Waals surface area contributed by atoms with E-state index in [1.165, 1.54) is 0 Å². The zero-order valence-corrected chi connectivity index (χ0v) is 9.32. The Morgan fingerprint density at radius 2 is 2.27 bits per heavy atom. The van der Waals surface area contributed by atoms with Gasteiger partial charge >= 0.3 is 5.97 Å². The Morgan fingerprint density at radius 3 is 2.93 bits per heavy atom. The molecule has 5 nitrogen and oxygen atoms in total. The highest BCUT2D eigenvalue weighted by Crippen LogP contribution is 2.14. The number of carbonyl (C=O) groups is 1. The molecule has 2 atom stereocenters. The number of hydrogen-bond acceptors (Lipinski definition) is 5. The van der Waals surface area contributed by atoms with E-state index in [0.29, 0.717) is 33.0 Å². The molecule has 1 fully saturated rings. The van der Waals surface area contributed by atoms with E-state index in [1.54, 1.807) is 0 Å². The van der Waals surface area contributed by atoms with E-state index in [4.69, 9.17) is 14.2 Å². The number of ether oxygens (including phenoxy) is 3. The molecule has 0 radical (unpaired) electrons. The number of esters is 1. The summed E-state index contributed by atoms with van der Waals surface area (Å²) in [7, 11) is 1.82. The van der Waals surface area contributed by atoms with Crippen LogP contribution in [0.15, 0.2) is 0 Å². The van der Waals surface area contributed by atoms with Gasteiger partial charge in [0.1, 0.15) is 6.61 Å². The molecule has 0 bridgehead atoms. The predicted molar refractivity (Wildman–Crippen MR) is 54.6 cm³/mol. The highest BCUT2D eigenvalue weighted by Gasteiger charge is 2.34. The lowest BCUT2D eigenvalue weighted by Crippen LogP contribution is -2.38. The van der Waals surface area contributed by atoms with Crippen molar-refractivity contribution in [3.63, 3.8) is 0 Å². The molecule has 5 heteroatoms. The molecule has 2 unspecified atom stereocenters. The normalized spacial score (nSPS) is 25.5. The van der Waals surface area contributed by atoms with E-state index in [0.717, 1.165) is 0 Å². The molecule has 1 aliphatic heterocycles. The van der Waals surface area contributed by atoms with Gasteiger partial charge in [0, 0.05) is 12.6 Å². The van der Waals surface area contributed by atoms with Crippen LogP contribution >= 0.6 is 0 Å². The van der Waals surface area contributed by atoms with Crippen LogP contribution in [0.4, 0.5) is 0 Å². The summed E-state index contributed by atoms with van der Waals surface area (Å²) >= 11 is 0. The van der Waals surface area contributed by atoms with Crippen molar-refractivity contribution >= 4 is 5.97 Å². The first-order valence-corrected chi connectivity index (χ1v) is 5.29. The third-order valence-electron chi connectivity index (χ3n) is 2.43. The second-order valence-corrected chi connectivity index (χ2v) is 3.40. The Balaban J connectivity index is 2.21. The molecule has 1 aliphatic rings. The van der Waals surface area contributed by atoms with E-state index in [9.17, 15) is 4.79 Å². The zero-order chi connectivity index (χ0) is 11.1. The summed E-state index contributed by atoms with van der Waals surface area (Å²) in [4.78, 5) is 11.6. The van der Waals surface area contributed by atoms with Gasteiger partial charge in [0.15, 0.2) is 0 Å². The van der Waals surface area contributed by atoms with Crippen LogP contribution in [0.25, 0.3) is 0 Å². The molecular formula is C10H19NO4. The second-order valence-electron chi connectivity index (χ2n) is 3.40. The van der Waals surface area contributed by atoms with Crippen LogP contribution < -0.4 is 5.32 Å². The highest BCUT2D eigenvalue weighted by molar-refractivity contribution is 5.73. The summed E-state index contributed by atoms with van der Waals surface area (Å²) in [5.74, 6) is -0.386. The van der Waals surface area contributed by atoms with E-state index in [-0.39, 0.29) is 17.9 Å². The van der Waals surface area contributed by atoms with Crippen molar-refractivity contribution in [2.45, 2.75) is 13.0 Å². The van der Waals surface area contributed by atoms with Gasteiger partial charge in [0.25, 0.3) is 0 Å². The van der Waals surface area contributed by atoms with Crippen LogP contribution in [0.2, 0.25) is 0 Å². The minimum absolute atomic E-state index is 0.0737. The van der Waals surface area contributed by atoms with Crippen molar-refractivity contribution in [1.82, 2.24) is 5.32 Å². The Labute approximate surface area is 90.1 Å². The average Bonchev–Trinajstić information content (AvgIpc) is 2.72. The third kappa shape index (κ3) is 3.77. The lowest BCUT2D eigenvalue weighted by atomic mass is 10.0. The molecule has 0 aromatic heterocycles. The summed E-state index contributed by atoms with van der Waals surface area (Å²) in [6, 6.07) is 0.0737. The van der Waals surface area contributed by atoms with Gasteiger partial charge in [-0.05, 0) is 14.0 Å². The Morgan fingerprint density at radius 1 is 1.47 bits per heavy atom. The summed E-state index contributed by atoms with van der Waals surface area (Å²) < 4.78 is 15.4. The first kappa shape index (κ1) is 12.4. The van der Waals surface area contributed by atoms with E-state index < -0.39 is 0 Å². The molecule has 0 aromatic rings. The summed E-state index contributed by atoms with van der Waals surface area (Å²) in [5, 5.41) is 3.04. The molecular weight excluding hydrogens is 198 g/mol. The molecule has 0 saturated carbocycles. The van der Waals surface area contributed by atoms with Crippen LogP contribution in [0.3, 0.4) is 0 Å². The van der Waals surface area contributed by atoms with Gasteiger partial charge in [0.2, 0.25) is 0 Å². The van der Waals surface area contributed by atoms with Gasteiger partial charge in [-0.3, -0.25) is 4.79 Å². The lowest BCUT2D eigenvalue weighted by Gasteiger charge is -2.15. The predicted octanol–water partition coefficient (Wildman–Crippen LogP) is -0.199. The molecule has 15 heavy (non-hydrogen) atoms. The highest BCUT2D eigenvalue weighted by atomic mass is 16.6. The van der Waals surface area contributed by atoms with Crippen molar-refractivity contribution in [3.05, 3.63) is 0 Å². The Hall–Kier alpha value is -0.650. The monoisotopic (exact) mass is 217 g/mol. The van der Waals surface area contributed by atoms with Gasteiger partial charge in [-0.1, -0.05) is 0 Å². The molecule has 0 amide bonds. The fourth-order valence-corrected chi connectivity index (χ4v) is 1.52. The van der Waals surface area contributed by atoms with Crippen molar-refractivity contribution in [1.29, 1.82) is 0 Å². The van der Waals surface area contributed by atoms with E-state index in [2.05, 4.69) is 5.32 Å². The molecule has 1 saturated heterocycles. The molecule has 0 aromatic carbocycles. The maximum Gasteiger partial charge on any atom is 0.313 e. The molecule has 88 valence electrons. The first-order chi connectivity index (χ1) is 7.29. The molecule has 1 heterocycles. The van der Waals surface area contributed by atoms with Crippen molar-refractivity contribution in [2.24, 2.45) is 5.92 Å². The van der Waals surface area contributed by atoms with Crippen LogP contribution in [-0.4, -0.2) is 52.1 Å². The average molecular weight is 217 g/mol. The third-order valence-corrected chi connectivity index (χ3v) is 2.43. The minimum Gasteiger partial charge on any atom is -0.463 e. The quantitative estimate of drug-likeness (QED) is 0.493. The maximum absolute atomic E-state index is 11.6. The Bertz CT molecular complexity index is 198. The number of hydrogen-bond donors (Lipinski definition) is 1. The first-order valence-electron chi connectivity index (χ1n) is 5.29.